The van der Waals surface area contributed by atoms with Crippen LogP contribution in [0.2, 0.25) is 0 Å². The van der Waals surface area contributed by atoms with Crippen molar-refractivity contribution in [3.63, 3.8) is 0 Å². The van der Waals surface area contributed by atoms with Gasteiger partial charge in [-0.15, -0.1) is 0 Å². The lowest BCUT2D eigenvalue weighted by atomic mass is 9.94. The Bertz CT molecular complexity index is 1360. The first-order valence-electron chi connectivity index (χ1n) is 10.5. The first-order chi connectivity index (χ1) is 15.5. The number of halogens is 1. The Morgan fingerprint density at radius 2 is 2.03 bits per heavy atom. The molecule has 1 aliphatic rings. The number of benzene rings is 2. The zero-order valence-corrected chi connectivity index (χ0v) is 17.3. The van der Waals surface area contributed by atoms with Crippen LogP contribution < -0.4 is 11.1 Å². The second kappa shape index (κ2) is 7.92. The Labute approximate surface area is 183 Å². The summed E-state index contributed by atoms with van der Waals surface area (Å²) in [4.78, 5) is 28.9. The molecule has 5 rings (SSSR count). The third kappa shape index (κ3) is 3.41. The third-order valence-electron chi connectivity index (χ3n) is 5.86. The minimum Gasteiger partial charge on any atom is -0.380 e. The molecule has 0 fully saturated rings. The fourth-order valence-corrected chi connectivity index (χ4v) is 4.43. The highest BCUT2D eigenvalue weighted by Crippen LogP contribution is 2.36. The van der Waals surface area contributed by atoms with Gasteiger partial charge in [0, 0.05) is 53.4 Å². The lowest BCUT2D eigenvalue weighted by Gasteiger charge is -2.18. The summed E-state index contributed by atoms with van der Waals surface area (Å²) < 4.78 is 16.0. The van der Waals surface area contributed by atoms with E-state index in [0.717, 1.165) is 28.9 Å². The molecule has 1 amide bonds. The Hall–Kier alpha value is -4.00. The van der Waals surface area contributed by atoms with Crippen LogP contribution >= 0.6 is 0 Å². The van der Waals surface area contributed by atoms with Crippen LogP contribution in [0.1, 0.15) is 44.8 Å². The number of Topliss-reactive ketones (excluding diaryl/α,β-unsaturated/α-hetero) is 1. The predicted molar refractivity (Wildman–Crippen MR) is 121 cm³/mol. The number of fused-ring (bicyclic) bond motifs is 3. The number of rotatable bonds is 5. The molecule has 1 aliphatic carbocycles. The summed E-state index contributed by atoms with van der Waals surface area (Å²) in [5.41, 5.74) is 10.5. The van der Waals surface area contributed by atoms with Gasteiger partial charge in [0.05, 0.1) is 11.1 Å². The van der Waals surface area contributed by atoms with Crippen molar-refractivity contribution in [2.45, 2.75) is 25.8 Å². The average molecular weight is 428 g/mol. The molecule has 2 heterocycles. The van der Waals surface area contributed by atoms with Gasteiger partial charge in [-0.2, -0.15) is 0 Å². The molecule has 0 unspecified atom stereocenters. The topological polar surface area (TPSA) is 90.0 Å². The van der Waals surface area contributed by atoms with E-state index >= 15 is 0 Å². The van der Waals surface area contributed by atoms with Gasteiger partial charge in [0.25, 0.3) is 5.91 Å². The van der Waals surface area contributed by atoms with E-state index in [-0.39, 0.29) is 11.6 Å². The molecular formula is C25H21FN4O2. The Balaban J connectivity index is 1.65. The number of nitrogens with one attached hydrogen (secondary N) is 1. The van der Waals surface area contributed by atoms with Crippen molar-refractivity contribution >= 4 is 28.3 Å². The van der Waals surface area contributed by atoms with Gasteiger partial charge in [-0.05, 0) is 60.9 Å². The van der Waals surface area contributed by atoms with Gasteiger partial charge in [0.2, 0.25) is 0 Å². The largest absolute Gasteiger partial charge is 0.380 e. The summed E-state index contributed by atoms with van der Waals surface area (Å²) in [5, 5.41) is 3.90. The number of carbonyl (C=O) groups excluding carboxylic acids is 2. The SMILES string of the molecule is NC(=O)c1ccc(-n2c3c(c4cc(F)ccc42)C(=O)CCC3)cc1NCc1cccnc1. The summed E-state index contributed by atoms with van der Waals surface area (Å²) in [6, 6.07) is 13.6. The maximum absolute atomic E-state index is 14.0. The van der Waals surface area contributed by atoms with E-state index in [4.69, 9.17) is 5.73 Å². The number of nitrogens with zero attached hydrogens (tertiary/aromatic N) is 2. The predicted octanol–water partition coefficient (Wildman–Crippen LogP) is 4.39. The molecule has 7 heteroatoms. The number of aromatic nitrogens is 2. The molecular weight excluding hydrogens is 407 g/mol. The molecule has 0 spiro atoms. The quantitative estimate of drug-likeness (QED) is 0.493. The maximum Gasteiger partial charge on any atom is 0.250 e. The number of nitrogens with two attached hydrogens (primary N) is 1. The van der Waals surface area contributed by atoms with Crippen molar-refractivity contribution in [2.24, 2.45) is 5.73 Å². The highest BCUT2D eigenvalue weighted by atomic mass is 19.1. The van der Waals surface area contributed by atoms with Gasteiger partial charge in [0.15, 0.2) is 5.78 Å². The van der Waals surface area contributed by atoms with Crippen LogP contribution in [0, 0.1) is 5.82 Å². The molecule has 6 nitrogen and oxygen atoms in total. The lowest BCUT2D eigenvalue weighted by Crippen LogP contribution is -2.16. The van der Waals surface area contributed by atoms with Crippen LogP contribution in [-0.2, 0) is 13.0 Å². The van der Waals surface area contributed by atoms with Crippen molar-refractivity contribution in [2.75, 3.05) is 5.32 Å². The summed E-state index contributed by atoms with van der Waals surface area (Å²) in [6.07, 6.45) is 5.37. The number of primary amides is 1. The molecule has 0 atom stereocenters. The van der Waals surface area contributed by atoms with E-state index in [1.54, 1.807) is 30.6 Å². The smallest absolute Gasteiger partial charge is 0.250 e. The summed E-state index contributed by atoms with van der Waals surface area (Å²) >= 11 is 0. The van der Waals surface area contributed by atoms with Crippen LogP contribution in [0.5, 0.6) is 0 Å². The van der Waals surface area contributed by atoms with Gasteiger partial charge in [0.1, 0.15) is 5.82 Å². The summed E-state index contributed by atoms with van der Waals surface area (Å²) in [6.45, 7) is 0.464. The zero-order valence-electron chi connectivity index (χ0n) is 17.3. The highest BCUT2D eigenvalue weighted by molar-refractivity contribution is 6.11. The first-order valence-corrected chi connectivity index (χ1v) is 10.5. The van der Waals surface area contributed by atoms with E-state index in [0.29, 0.717) is 41.6 Å². The molecule has 160 valence electrons. The molecule has 2 aromatic carbocycles. The molecule has 32 heavy (non-hydrogen) atoms. The Morgan fingerprint density at radius 3 is 2.81 bits per heavy atom. The molecule has 4 aromatic rings. The van der Waals surface area contributed by atoms with Crippen LogP contribution in [-0.4, -0.2) is 21.2 Å². The van der Waals surface area contributed by atoms with Gasteiger partial charge >= 0.3 is 0 Å². The number of amides is 1. The molecule has 0 bridgehead atoms. The van der Waals surface area contributed by atoms with Gasteiger partial charge < -0.3 is 15.6 Å². The van der Waals surface area contributed by atoms with Crippen molar-refractivity contribution < 1.29 is 14.0 Å². The van der Waals surface area contributed by atoms with E-state index in [2.05, 4.69) is 10.3 Å². The highest BCUT2D eigenvalue weighted by Gasteiger charge is 2.27. The number of ketones is 1. The Kier molecular flexibility index (Phi) is 4.93. The second-order valence-corrected chi connectivity index (χ2v) is 7.90. The van der Waals surface area contributed by atoms with Crippen molar-refractivity contribution in [1.82, 2.24) is 9.55 Å². The van der Waals surface area contributed by atoms with Crippen LogP contribution in [0.25, 0.3) is 16.6 Å². The van der Waals surface area contributed by atoms with Gasteiger partial charge in [-0.3, -0.25) is 14.6 Å². The van der Waals surface area contributed by atoms with E-state index in [1.165, 1.54) is 12.1 Å². The average Bonchev–Trinajstić information content (AvgIpc) is 3.12. The van der Waals surface area contributed by atoms with Crippen molar-refractivity contribution in [3.05, 3.63) is 89.1 Å². The molecule has 2 aromatic heterocycles. The van der Waals surface area contributed by atoms with E-state index in [1.807, 2.05) is 22.8 Å². The number of pyridine rings is 1. The fraction of sp³-hybridized carbons (Fsp3) is 0.160. The summed E-state index contributed by atoms with van der Waals surface area (Å²) in [7, 11) is 0. The minimum atomic E-state index is -0.540. The normalized spacial score (nSPS) is 13.2. The zero-order chi connectivity index (χ0) is 22.2. The molecule has 0 saturated heterocycles. The number of hydrogen-bond donors (Lipinski definition) is 2. The van der Waals surface area contributed by atoms with E-state index < -0.39 is 5.91 Å². The monoisotopic (exact) mass is 428 g/mol. The molecule has 0 saturated carbocycles. The molecule has 3 N–H and O–H groups in total. The van der Waals surface area contributed by atoms with Crippen LogP contribution in [0.15, 0.2) is 60.9 Å². The number of carbonyl (C=O) groups is 2. The van der Waals surface area contributed by atoms with Crippen LogP contribution in [0.3, 0.4) is 0 Å². The van der Waals surface area contributed by atoms with Crippen molar-refractivity contribution in [1.29, 1.82) is 0 Å². The standard InChI is InChI=1S/C25H21FN4O2/c26-16-6-9-21-19(11-16)24-22(4-1-5-23(24)31)30(21)17-7-8-18(25(27)32)20(12-17)29-14-15-3-2-10-28-13-15/h2-3,6-13,29H,1,4-5,14H2,(H2,27,32). The molecule has 0 radical (unpaired) electrons. The second-order valence-electron chi connectivity index (χ2n) is 7.90. The van der Waals surface area contributed by atoms with Crippen LogP contribution in [0.4, 0.5) is 10.1 Å². The maximum atomic E-state index is 14.0. The number of anilines is 1. The lowest BCUT2D eigenvalue weighted by molar-refractivity contribution is 0.0971. The van der Waals surface area contributed by atoms with Gasteiger partial charge in [-0.25, -0.2) is 4.39 Å². The van der Waals surface area contributed by atoms with Gasteiger partial charge in [-0.1, -0.05) is 6.07 Å². The molecule has 0 aliphatic heterocycles. The minimum absolute atomic E-state index is 0.0317. The third-order valence-corrected chi connectivity index (χ3v) is 5.86. The first kappa shape index (κ1) is 19.9. The Morgan fingerprint density at radius 1 is 1.16 bits per heavy atom. The van der Waals surface area contributed by atoms with E-state index in [9.17, 15) is 14.0 Å². The fourth-order valence-electron chi connectivity index (χ4n) is 4.43. The van der Waals surface area contributed by atoms with Crippen molar-refractivity contribution in [3.8, 4) is 5.69 Å². The number of hydrogen-bond acceptors (Lipinski definition) is 4. The summed E-state index contributed by atoms with van der Waals surface area (Å²) in [5.74, 6) is -0.884.